The molecule has 0 aliphatic heterocycles. The summed E-state index contributed by atoms with van der Waals surface area (Å²) in [6.45, 7) is 3.86. The van der Waals surface area contributed by atoms with Crippen molar-refractivity contribution in [3.8, 4) is 11.4 Å². The number of hydrogen-bond acceptors (Lipinski definition) is 6. The summed E-state index contributed by atoms with van der Waals surface area (Å²) in [6.07, 6.45) is -3.07. The van der Waals surface area contributed by atoms with Crippen molar-refractivity contribution in [2.75, 3.05) is 6.61 Å². The van der Waals surface area contributed by atoms with Crippen LogP contribution in [0.3, 0.4) is 0 Å². The second-order valence-corrected chi connectivity index (χ2v) is 5.92. The van der Waals surface area contributed by atoms with E-state index in [1.807, 2.05) is 6.92 Å². The smallest absolute Gasteiger partial charge is 0.329 e. The molecule has 0 saturated heterocycles. The van der Waals surface area contributed by atoms with Gasteiger partial charge in [0, 0.05) is 12.0 Å². The molecule has 0 atom stereocenters. The fraction of sp³-hybridized carbons (Fsp3) is 0.444. The quantitative estimate of drug-likeness (QED) is 0.362. The van der Waals surface area contributed by atoms with E-state index < -0.39 is 23.8 Å². The number of unbranched alkanes of at least 4 members (excludes halogenated alkanes) is 1. The lowest BCUT2D eigenvalue weighted by Gasteiger charge is -2.21. The summed E-state index contributed by atoms with van der Waals surface area (Å²) >= 11 is 0. The summed E-state index contributed by atoms with van der Waals surface area (Å²) in [5.74, 6) is -2.94. The molecule has 0 bridgehead atoms. The number of amides is 1. The van der Waals surface area contributed by atoms with Crippen LogP contribution in [0.15, 0.2) is 28.8 Å². The number of carbonyl (C=O) groups is 2. The zero-order valence-electron chi connectivity index (χ0n) is 15.5. The molecule has 2 aromatic rings. The van der Waals surface area contributed by atoms with Crippen LogP contribution in [0.4, 0.5) is 13.2 Å². The molecule has 0 unspecified atom stereocenters. The van der Waals surface area contributed by atoms with Gasteiger partial charge in [-0.05, 0) is 12.0 Å². The molecule has 0 saturated carbocycles. The van der Waals surface area contributed by atoms with Crippen LogP contribution in [0.25, 0.3) is 11.4 Å². The molecule has 0 spiro atoms. The molecule has 0 radical (unpaired) electrons. The van der Waals surface area contributed by atoms with Gasteiger partial charge in [-0.1, -0.05) is 49.7 Å². The predicted molar refractivity (Wildman–Crippen MR) is 91.4 cm³/mol. The van der Waals surface area contributed by atoms with E-state index in [4.69, 9.17) is 4.84 Å². The maximum Gasteiger partial charge on any atom is 0.471 e. The first kappa shape index (κ1) is 21.5. The van der Waals surface area contributed by atoms with Crippen LogP contribution < -0.4 is 0 Å². The van der Waals surface area contributed by atoms with Gasteiger partial charge in [0.15, 0.2) is 0 Å². The highest BCUT2D eigenvalue weighted by atomic mass is 19.4. The van der Waals surface area contributed by atoms with Crippen molar-refractivity contribution in [1.82, 2.24) is 15.2 Å². The lowest BCUT2D eigenvalue weighted by atomic mass is 10.1. The Morgan fingerprint density at radius 3 is 2.39 bits per heavy atom. The molecule has 152 valence electrons. The van der Waals surface area contributed by atoms with Crippen molar-refractivity contribution in [1.29, 1.82) is 0 Å². The predicted octanol–water partition coefficient (Wildman–Crippen LogP) is 3.79. The van der Waals surface area contributed by atoms with Crippen LogP contribution >= 0.6 is 0 Å². The molecule has 0 N–H and O–H groups in total. The topological polar surface area (TPSA) is 85.5 Å². The molecule has 2 rings (SSSR count). The Hall–Kier alpha value is -2.75. The minimum Gasteiger partial charge on any atom is -0.329 e. The molecular weight excluding hydrogens is 379 g/mol. The third-order valence-corrected chi connectivity index (χ3v) is 3.74. The summed E-state index contributed by atoms with van der Waals surface area (Å²) in [6, 6.07) is 6.16. The number of carbonyl (C=O) groups excluding carboxylic acids is 2. The zero-order chi connectivity index (χ0) is 20.7. The summed E-state index contributed by atoms with van der Waals surface area (Å²) in [4.78, 5) is 32.6. The number of Topliss-reactive ketones (excluding diaryl/α,β-unsaturated/α-hetero) is 1. The van der Waals surface area contributed by atoms with E-state index in [0.29, 0.717) is 17.7 Å². The summed E-state index contributed by atoms with van der Waals surface area (Å²) < 4.78 is 41.8. The minimum atomic E-state index is -4.71. The van der Waals surface area contributed by atoms with Crippen molar-refractivity contribution >= 4 is 11.7 Å². The van der Waals surface area contributed by atoms with E-state index in [9.17, 15) is 22.8 Å². The van der Waals surface area contributed by atoms with Crippen molar-refractivity contribution in [3.63, 3.8) is 0 Å². The van der Waals surface area contributed by atoms with Crippen molar-refractivity contribution in [3.05, 3.63) is 35.7 Å². The van der Waals surface area contributed by atoms with E-state index in [1.54, 1.807) is 19.1 Å². The van der Waals surface area contributed by atoms with Gasteiger partial charge in [-0.25, -0.2) is 5.06 Å². The third kappa shape index (κ3) is 5.62. The van der Waals surface area contributed by atoms with Gasteiger partial charge in [0.2, 0.25) is 11.6 Å². The van der Waals surface area contributed by atoms with Crippen LogP contribution in [0.1, 0.15) is 44.6 Å². The number of benzene rings is 1. The summed E-state index contributed by atoms with van der Waals surface area (Å²) in [7, 11) is 0. The first-order valence-electron chi connectivity index (χ1n) is 8.74. The largest absolute Gasteiger partial charge is 0.471 e. The molecule has 10 heteroatoms. The zero-order valence-corrected chi connectivity index (χ0v) is 15.5. The molecule has 7 nitrogen and oxygen atoms in total. The number of alkyl halides is 3. The molecule has 0 aliphatic carbocycles. The van der Waals surface area contributed by atoms with Crippen LogP contribution in [-0.4, -0.2) is 33.5 Å². The van der Waals surface area contributed by atoms with Crippen LogP contribution in [0.5, 0.6) is 0 Å². The molecule has 1 aromatic heterocycles. The Bertz CT molecular complexity index is 803. The van der Waals surface area contributed by atoms with Gasteiger partial charge in [0.25, 0.3) is 0 Å². The van der Waals surface area contributed by atoms with Gasteiger partial charge in [0.05, 0.1) is 13.2 Å². The van der Waals surface area contributed by atoms with E-state index in [2.05, 4.69) is 14.7 Å². The van der Waals surface area contributed by atoms with E-state index in [-0.39, 0.29) is 18.8 Å². The van der Waals surface area contributed by atoms with Crippen molar-refractivity contribution < 1.29 is 32.1 Å². The minimum absolute atomic E-state index is 0.0224. The van der Waals surface area contributed by atoms with Crippen molar-refractivity contribution in [2.24, 2.45) is 0 Å². The average Bonchev–Trinajstić information content (AvgIpc) is 3.17. The lowest BCUT2D eigenvalue weighted by molar-refractivity contribution is -0.192. The number of nitrogens with zero attached hydrogens (tertiary/aromatic N) is 3. The standard InChI is InChI=1S/C18H20F3N3O4/c1-3-5-10-27-24(16(26)14(25)4-2)11-12-6-8-13(9-7-12)15-22-17(28-23-15)18(19,20)21/h6-9H,3-5,10-11H2,1-2H3. The fourth-order valence-electron chi connectivity index (χ4n) is 2.17. The molecule has 1 heterocycles. The highest BCUT2D eigenvalue weighted by Gasteiger charge is 2.38. The van der Waals surface area contributed by atoms with Crippen LogP contribution in [0.2, 0.25) is 0 Å². The summed E-state index contributed by atoms with van der Waals surface area (Å²) in [5.41, 5.74) is 0.939. The Morgan fingerprint density at radius 2 is 1.86 bits per heavy atom. The Balaban J connectivity index is 2.12. The molecule has 0 aliphatic rings. The van der Waals surface area contributed by atoms with Gasteiger partial charge < -0.3 is 4.52 Å². The number of halogens is 3. The average molecular weight is 399 g/mol. The van der Waals surface area contributed by atoms with Gasteiger partial charge in [-0.15, -0.1) is 0 Å². The van der Waals surface area contributed by atoms with E-state index >= 15 is 0 Å². The van der Waals surface area contributed by atoms with Gasteiger partial charge in [0.1, 0.15) is 0 Å². The molecule has 1 aromatic carbocycles. The van der Waals surface area contributed by atoms with Crippen LogP contribution in [0, 0.1) is 0 Å². The Morgan fingerprint density at radius 1 is 1.18 bits per heavy atom. The first-order chi connectivity index (χ1) is 13.3. The van der Waals surface area contributed by atoms with Gasteiger partial charge in [-0.3, -0.25) is 14.4 Å². The van der Waals surface area contributed by atoms with E-state index in [0.717, 1.165) is 17.9 Å². The number of ketones is 1. The maximum atomic E-state index is 12.5. The highest BCUT2D eigenvalue weighted by Crippen LogP contribution is 2.29. The summed E-state index contributed by atoms with van der Waals surface area (Å²) in [5, 5.41) is 4.32. The van der Waals surface area contributed by atoms with E-state index in [1.165, 1.54) is 12.1 Å². The monoisotopic (exact) mass is 399 g/mol. The highest BCUT2D eigenvalue weighted by molar-refractivity contribution is 6.35. The molecule has 0 fully saturated rings. The maximum absolute atomic E-state index is 12.5. The number of rotatable bonds is 9. The molecule has 1 amide bonds. The van der Waals surface area contributed by atoms with Crippen LogP contribution in [-0.2, 0) is 27.1 Å². The lowest BCUT2D eigenvalue weighted by Crippen LogP contribution is -2.36. The molecular formula is C18H20F3N3O4. The fourth-order valence-corrected chi connectivity index (χ4v) is 2.17. The second-order valence-electron chi connectivity index (χ2n) is 5.92. The number of aromatic nitrogens is 2. The number of hydroxylamine groups is 2. The second kappa shape index (κ2) is 9.45. The number of hydrogen-bond donors (Lipinski definition) is 0. The SMILES string of the molecule is CCCCON(Cc1ccc(-c2noc(C(F)(F)F)n2)cc1)C(=O)C(=O)CC. The first-order valence-corrected chi connectivity index (χ1v) is 8.74. The van der Waals surface area contributed by atoms with Gasteiger partial charge >= 0.3 is 18.0 Å². The van der Waals surface area contributed by atoms with Gasteiger partial charge in [-0.2, -0.15) is 18.2 Å². The van der Waals surface area contributed by atoms with Crippen molar-refractivity contribution in [2.45, 2.75) is 45.8 Å². The Labute approximate surface area is 159 Å². The third-order valence-electron chi connectivity index (χ3n) is 3.74. The Kier molecular flexibility index (Phi) is 7.27. The molecule has 28 heavy (non-hydrogen) atoms. The normalized spacial score (nSPS) is 11.5.